The first-order valence-electron chi connectivity index (χ1n) is 16.1. The van der Waals surface area contributed by atoms with Gasteiger partial charge in [0, 0.05) is 68.6 Å². The molecule has 2 aliphatic heterocycles. The Morgan fingerprint density at radius 1 is 0.608 bits per heavy atom. The van der Waals surface area contributed by atoms with Gasteiger partial charge in [0.1, 0.15) is 17.5 Å². The Balaban J connectivity index is 0.000000198. The lowest BCUT2D eigenvalue weighted by Gasteiger charge is -2.43. The highest BCUT2D eigenvalue weighted by atomic mass is 19.1. The summed E-state index contributed by atoms with van der Waals surface area (Å²) in [6, 6.07) is 8.89. The van der Waals surface area contributed by atoms with Gasteiger partial charge in [-0.25, -0.2) is 42.7 Å². The predicted molar refractivity (Wildman–Crippen MR) is 187 cm³/mol. The summed E-state index contributed by atoms with van der Waals surface area (Å²) in [6.45, 7) is 9.18. The summed E-state index contributed by atoms with van der Waals surface area (Å²) in [7, 11) is 3.54. The monoisotopic (exact) mass is 694 g/mol. The van der Waals surface area contributed by atoms with Gasteiger partial charge in [0.15, 0.2) is 0 Å². The van der Waals surface area contributed by atoms with Crippen LogP contribution in [0.4, 0.5) is 34.7 Å². The molecule has 0 aliphatic carbocycles. The predicted octanol–water partition coefficient (Wildman–Crippen LogP) is 6.25. The van der Waals surface area contributed by atoms with E-state index in [1.165, 1.54) is 29.4 Å². The van der Waals surface area contributed by atoms with Crippen molar-refractivity contribution in [1.82, 2.24) is 29.7 Å². The first kappa shape index (κ1) is 36.3. The van der Waals surface area contributed by atoms with Crippen molar-refractivity contribution in [2.24, 2.45) is 0 Å². The molecule has 0 radical (unpaired) electrons. The minimum atomic E-state index is -0.596. The van der Waals surface area contributed by atoms with Gasteiger partial charge in [-0.3, -0.25) is 9.80 Å². The van der Waals surface area contributed by atoms with Crippen LogP contribution in [0, 0.1) is 41.1 Å². The van der Waals surface area contributed by atoms with E-state index in [2.05, 4.69) is 43.6 Å². The smallest absolute Gasteiger partial charge is 0.322 e. The Kier molecular flexibility index (Phi) is 10.6. The number of rotatable bonds is 2. The summed E-state index contributed by atoms with van der Waals surface area (Å²) in [4.78, 5) is 48.3. The van der Waals surface area contributed by atoms with Crippen LogP contribution in [0.1, 0.15) is 62.8 Å². The zero-order valence-electron chi connectivity index (χ0n) is 29.2. The minimum Gasteiger partial charge on any atom is -0.322 e. The second-order valence-corrected chi connectivity index (χ2v) is 13.3. The SMILES string of the molecule is CN1C(=O)N(c2ncc(C#Cc3cc(F)ccc3F)cn2)CCC1(C)C.CN1C(=O)N(c2ncc(C#Cc3cccc(F)c3)cn2)CCC1(C)C. The maximum Gasteiger partial charge on any atom is 0.327 e. The molecule has 2 aliphatic rings. The normalized spacial score (nSPS) is 16.3. The molecule has 0 atom stereocenters. The van der Waals surface area contributed by atoms with Crippen molar-refractivity contribution in [3.63, 3.8) is 0 Å². The molecular weight excluding hydrogens is 657 g/mol. The van der Waals surface area contributed by atoms with E-state index in [0.29, 0.717) is 41.7 Å². The molecule has 4 heterocycles. The molecule has 4 amide bonds. The molecule has 0 N–H and O–H groups in total. The lowest BCUT2D eigenvalue weighted by atomic mass is 9.96. The van der Waals surface area contributed by atoms with Gasteiger partial charge in [-0.15, -0.1) is 0 Å². The Morgan fingerprint density at radius 3 is 1.55 bits per heavy atom. The molecular formula is C38H37F3N8O2. The molecule has 10 nitrogen and oxygen atoms in total. The fraction of sp³-hybridized carbons (Fsp3) is 0.316. The van der Waals surface area contributed by atoms with Crippen LogP contribution in [0.3, 0.4) is 0 Å². The number of nitrogens with zero attached hydrogens (tertiary/aromatic N) is 8. The van der Waals surface area contributed by atoms with Gasteiger partial charge in [-0.2, -0.15) is 0 Å². The van der Waals surface area contributed by atoms with Gasteiger partial charge in [-0.05, 0) is 76.9 Å². The van der Waals surface area contributed by atoms with E-state index < -0.39 is 11.6 Å². The topological polar surface area (TPSA) is 98.7 Å². The number of hydrogen-bond acceptors (Lipinski definition) is 6. The molecule has 0 bridgehead atoms. The van der Waals surface area contributed by atoms with Crippen molar-refractivity contribution in [2.45, 2.75) is 51.6 Å². The Morgan fingerprint density at radius 2 is 1.06 bits per heavy atom. The maximum absolute atomic E-state index is 13.6. The summed E-state index contributed by atoms with van der Waals surface area (Å²) in [5.41, 5.74) is 1.20. The average molecular weight is 695 g/mol. The third kappa shape index (κ3) is 8.62. The highest BCUT2D eigenvalue weighted by Gasteiger charge is 2.38. The first-order valence-corrected chi connectivity index (χ1v) is 16.1. The third-order valence-corrected chi connectivity index (χ3v) is 8.95. The Labute approximate surface area is 295 Å². The molecule has 2 fully saturated rings. The van der Waals surface area contributed by atoms with Crippen LogP contribution in [0.5, 0.6) is 0 Å². The van der Waals surface area contributed by atoms with Crippen LogP contribution in [-0.4, -0.2) is 80.1 Å². The van der Waals surface area contributed by atoms with Crippen molar-refractivity contribution in [2.75, 3.05) is 37.0 Å². The molecule has 2 saturated heterocycles. The molecule has 51 heavy (non-hydrogen) atoms. The van der Waals surface area contributed by atoms with Crippen LogP contribution in [-0.2, 0) is 0 Å². The summed E-state index contributed by atoms with van der Waals surface area (Å²) < 4.78 is 39.9. The fourth-order valence-corrected chi connectivity index (χ4v) is 5.04. The van der Waals surface area contributed by atoms with Gasteiger partial charge in [0.05, 0.1) is 16.7 Å². The molecule has 6 rings (SSSR count). The van der Waals surface area contributed by atoms with E-state index >= 15 is 0 Å². The summed E-state index contributed by atoms with van der Waals surface area (Å²) in [5.74, 6) is 10.2. The molecule has 4 aromatic rings. The molecule has 262 valence electrons. The van der Waals surface area contributed by atoms with Crippen LogP contribution in [0.25, 0.3) is 0 Å². The van der Waals surface area contributed by atoms with Crippen molar-refractivity contribution in [3.05, 3.63) is 107 Å². The molecule has 0 unspecified atom stereocenters. The fourth-order valence-electron chi connectivity index (χ4n) is 5.04. The van der Waals surface area contributed by atoms with Crippen LogP contribution >= 0.6 is 0 Å². The van der Waals surface area contributed by atoms with E-state index in [-0.39, 0.29) is 34.5 Å². The number of benzene rings is 2. The summed E-state index contributed by atoms with van der Waals surface area (Å²) in [6.07, 6.45) is 7.68. The highest BCUT2D eigenvalue weighted by molar-refractivity contribution is 5.92. The van der Waals surface area contributed by atoms with Gasteiger partial charge in [-0.1, -0.05) is 29.7 Å². The van der Waals surface area contributed by atoms with E-state index in [4.69, 9.17) is 0 Å². The Bertz CT molecular complexity index is 2050. The van der Waals surface area contributed by atoms with Crippen molar-refractivity contribution < 1.29 is 22.8 Å². The first-order chi connectivity index (χ1) is 24.1. The largest absolute Gasteiger partial charge is 0.327 e. The van der Waals surface area contributed by atoms with Crippen LogP contribution in [0.15, 0.2) is 67.3 Å². The maximum atomic E-state index is 13.6. The lowest BCUT2D eigenvalue weighted by Crippen LogP contribution is -2.58. The average Bonchev–Trinajstić information content (AvgIpc) is 3.10. The van der Waals surface area contributed by atoms with Crippen molar-refractivity contribution in [1.29, 1.82) is 0 Å². The number of aromatic nitrogens is 4. The summed E-state index contributed by atoms with van der Waals surface area (Å²) >= 11 is 0. The van der Waals surface area contributed by atoms with E-state index in [0.717, 1.165) is 31.0 Å². The molecule has 2 aromatic carbocycles. The number of anilines is 2. The number of carbonyl (C=O) groups excluding carboxylic acids is 2. The zero-order valence-corrected chi connectivity index (χ0v) is 29.2. The molecule has 0 spiro atoms. The number of halogens is 3. The minimum absolute atomic E-state index is 0.0378. The van der Waals surface area contributed by atoms with Crippen molar-refractivity contribution in [3.8, 4) is 23.7 Å². The Hall–Kier alpha value is -5.95. The van der Waals surface area contributed by atoms with Crippen LogP contribution in [0.2, 0.25) is 0 Å². The molecule has 0 saturated carbocycles. The van der Waals surface area contributed by atoms with Gasteiger partial charge < -0.3 is 9.80 Å². The zero-order chi connectivity index (χ0) is 36.9. The van der Waals surface area contributed by atoms with Gasteiger partial charge >= 0.3 is 12.1 Å². The second-order valence-electron chi connectivity index (χ2n) is 13.3. The van der Waals surface area contributed by atoms with Crippen molar-refractivity contribution >= 4 is 24.0 Å². The van der Waals surface area contributed by atoms with Crippen LogP contribution < -0.4 is 9.80 Å². The van der Waals surface area contributed by atoms with Gasteiger partial charge in [0.2, 0.25) is 11.9 Å². The van der Waals surface area contributed by atoms with E-state index in [9.17, 15) is 22.8 Å². The molecule has 2 aromatic heterocycles. The standard InChI is InChI=1S/C19H18F2N4O.C19H19FN4O/c1-19(2)8-9-25(18(26)24(19)3)17-22-11-13(12-23-17)4-5-14-10-15(20)6-7-16(14)21;1-19(2)9-10-24(18(25)23(19)3)17-21-12-15(13-22-17)8-7-14-5-4-6-16(20)11-14/h6-7,10-12H,8-9H2,1-3H3;4-6,11-13H,9-10H2,1-3H3. The molecule has 13 heteroatoms. The van der Waals surface area contributed by atoms with Gasteiger partial charge in [0.25, 0.3) is 0 Å². The highest BCUT2D eigenvalue weighted by Crippen LogP contribution is 2.27. The quantitative estimate of drug-likeness (QED) is 0.230. The second kappa shape index (κ2) is 14.9. The summed E-state index contributed by atoms with van der Waals surface area (Å²) in [5, 5.41) is 0. The number of hydrogen-bond donors (Lipinski definition) is 0. The van der Waals surface area contributed by atoms with E-state index in [1.807, 2.05) is 27.7 Å². The lowest BCUT2D eigenvalue weighted by molar-refractivity contribution is 0.139. The van der Waals surface area contributed by atoms with E-state index in [1.54, 1.807) is 53.3 Å². The number of amides is 4. The third-order valence-electron chi connectivity index (χ3n) is 8.95. The number of urea groups is 2. The number of carbonyl (C=O) groups is 2.